The van der Waals surface area contributed by atoms with E-state index < -0.39 is 16.6 Å². The lowest BCUT2D eigenvalue weighted by molar-refractivity contribution is -0.145. The first-order valence-corrected chi connectivity index (χ1v) is 18.9. The van der Waals surface area contributed by atoms with Gasteiger partial charge < -0.3 is 8.85 Å². The Morgan fingerprint density at radius 3 is 2.33 bits per heavy atom. The molecule has 4 rings (SSSR count). The number of carbonyl (C=O) groups excluding carboxylic acids is 1. The summed E-state index contributed by atoms with van der Waals surface area (Å²) in [5.41, 5.74) is 1.39. The molecule has 0 saturated heterocycles. The minimum Gasteiger partial charge on any atom is -0.547 e. The molecular formula is C25H42O3Si2. The van der Waals surface area contributed by atoms with Crippen molar-refractivity contribution in [3.05, 3.63) is 23.5 Å². The molecule has 168 valence electrons. The fourth-order valence-electron chi connectivity index (χ4n) is 7.09. The van der Waals surface area contributed by atoms with Gasteiger partial charge in [-0.1, -0.05) is 13.0 Å². The third kappa shape index (κ3) is 3.73. The molecular weight excluding hydrogens is 404 g/mol. The Hall–Kier alpha value is -0.656. The summed E-state index contributed by atoms with van der Waals surface area (Å²) >= 11 is 0. The predicted molar refractivity (Wildman–Crippen MR) is 128 cm³/mol. The van der Waals surface area contributed by atoms with Crippen LogP contribution in [0.5, 0.6) is 0 Å². The first-order chi connectivity index (χ1) is 13.7. The van der Waals surface area contributed by atoms with Gasteiger partial charge in [0.15, 0.2) is 8.32 Å². The van der Waals surface area contributed by atoms with Gasteiger partial charge in [-0.15, -0.1) is 0 Å². The van der Waals surface area contributed by atoms with E-state index in [0.717, 1.165) is 38.5 Å². The molecule has 0 aromatic carbocycles. The summed E-state index contributed by atoms with van der Waals surface area (Å²) in [6.07, 6.45) is 11.1. The van der Waals surface area contributed by atoms with E-state index in [4.69, 9.17) is 8.85 Å². The van der Waals surface area contributed by atoms with Crippen LogP contribution in [0.2, 0.25) is 39.3 Å². The van der Waals surface area contributed by atoms with Crippen molar-refractivity contribution in [2.45, 2.75) is 97.8 Å². The van der Waals surface area contributed by atoms with E-state index in [1.54, 1.807) is 0 Å². The van der Waals surface area contributed by atoms with Crippen LogP contribution in [-0.4, -0.2) is 28.5 Å². The summed E-state index contributed by atoms with van der Waals surface area (Å²) in [4.78, 5) is 13.1. The molecule has 6 unspecified atom stereocenters. The highest BCUT2D eigenvalue weighted by molar-refractivity contribution is 6.70. The Morgan fingerprint density at radius 1 is 1.00 bits per heavy atom. The number of hydrogen-bond acceptors (Lipinski definition) is 3. The Labute approximate surface area is 185 Å². The van der Waals surface area contributed by atoms with E-state index in [1.807, 2.05) is 0 Å². The Balaban J connectivity index is 1.69. The molecule has 0 radical (unpaired) electrons. The van der Waals surface area contributed by atoms with E-state index in [-0.39, 0.29) is 16.9 Å². The lowest BCUT2D eigenvalue weighted by Crippen LogP contribution is -2.58. The van der Waals surface area contributed by atoms with E-state index in [2.05, 4.69) is 65.3 Å². The summed E-state index contributed by atoms with van der Waals surface area (Å²) in [5.74, 6) is 3.35. The van der Waals surface area contributed by atoms with Gasteiger partial charge in [0.25, 0.3) is 0 Å². The van der Waals surface area contributed by atoms with Crippen molar-refractivity contribution < 1.29 is 13.6 Å². The summed E-state index contributed by atoms with van der Waals surface area (Å²) in [5, 5.41) is 0. The van der Waals surface area contributed by atoms with Crippen molar-refractivity contribution in [1.82, 2.24) is 0 Å². The third-order valence-corrected chi connectivity index (χ3v) is 10.3. The maximum Gasteiger partial charge on any atom is 0.241 e. The molecule has 0 heterocycles. The van der Waals surface area contributed by atoms with Gasteiger partial charge in [-0.2, -0.15) is 0 Å². The van der Waals surface area contributed by atoms with Crippen molar-refractivity contribution in [2.75, 3.05) is 0 Å². The van der Waals surface area contributed by atoms with Crippen LogP contribution in [0.3, 0.4) is 0 Å². The first kappa shape index (κ1) is 22.5. The largest absolute Gasteiger partial charge is 0.547 e. The number of rotatable bonds is 4. The molecule has 2 saturated carbocycles. The minimum atomic E-state index is -1.74. The van der Waals surface area contributed by atoms with Crippen LogP contribution in [0.1, 0.15) is 52.4 Å². The van der Waals surface area contributed by atoms with Crippen molar-refractivity contribution >= 4 is 22.4 Å². The van der Waals surface area contributed by atoms with Crippen LogP contribution in [0.4, 0.5) is 0 Å². The minimum absolute atomic E-state index is 0.0881. The second-order valence-electron chi connectivity index (χ2n) is 12.7. The Bertz CT molecular complexity index is 787. The highest BCUT2D eigenvalue weighted by atomic mass is 28.4. The van der Waals surface area contributed by atoms with Crippen LogP contribution in [0.25, 0.3) is 0 Å². The highest BCUT2D eigenvalue weighted by Crippen LogP contribution is 2.64. The third-order valence-electron chi connectivity index (χ3n) is 8.45. The maximum absolute atomic E-state index is 13.1. The molecule has 0 spiro atoms. The van der Waals surface area contributed by atoms with Crippen molar-refractivity contribution in [3.8, 4) is 0 Å². The Kier molecular flexibility index (Phi) is 5.39. The van der Waals surface area contributed by atoms with Crippen molar-refractivity contribution in [3.63, 3.8) is 0 Å². The molecule has 0 aromatic rings. The average molecular weight is 447 g/mol. The first-order valence-electron chi connectivity index (χ1n) is 12.1. The zero-order valence-corrected chi connectivity index (χ0v) is 22.4. The van der Waals surface area contributed by atoms with Crippen molar-refractivity contribution in [2.24, 2.45) is 28.6 Å². The molecule has 0 aromatic heterocycles. The second-order valence-corrected chi connectivity index (χ2v) is 21.6. The number of allylic oxidation sites excluding steroid dienone is 4. The smallest absolute Gasteiger partial charge is 0.241 e. The van der Waals surface area contributed by atoms with Gasteiger partial charge in [0.2, 0.25) is 8.32 Å². The molecule has 2 fully saturated rings. The standard InChI is InChI=1S/C25H42O3Si2/c1-24-14-13-18(27-29(3,4)5)15-17(24)9-10-19-20-11-12-22(26)25(20,2)23(16-21(19)24)28-30(6,7)8/h9,15,19-21,23H,10-14,16H2,1-8H3. The van der Waals surface area contributed by atoms with Crippen LogP contribution in [-0.2, 0) is 13.6 Å². The molecule has 6 atom stereocenters. The highest BCUT2D eigenvalue weighted by Gasteiger charge is 2.63. The number of hydrogen-bond donors (Lipinski definition) is 0. The van der Waals surface area contributed by atoms with Gasteiger partial charge in [0.05, 0.1) is 17.3 Å². The molecule has 3 nitrogen and oxygen atoms in total. The molecule has 5 heteroatoms. The number of ketones is 1. The summed E-state index contributed by atoms with van der Waals surface area (Å²) in [6, 6.07) is 0. The molecule has 0 N–H and O–H groups in total. The zero-order valence-electron chi connectivity index (χ0n) is 20.4. The molecule has 4 aliphatic rings. The zero-order chi connectivity index (χ0) is 22.1. The van der Waals surface area contributed by atoms with Crippen molar-refractivity contribution in [1.29, 1.82) is 0 Å². The summed E-state index contributed by atoms with van der Waals surface area (Å²) < 4.78 is 13.2. The van der Waals surface area contributed by atoms with Gasteiger partial charge in [0.1, 0.15) is 5.78 Å². The van der Waals surface area contributed by atoms with Crippen LogP contribution >= 0.6 is 0 Å². The van der Waals surface area contributed by atoms with E-state index in [9.17, 15) is 4.79 Å². The number of carbonyl (C=O) groups is 1. The van der Waals surface area contributed by atoms with Crippen LogP contribution in [0, 0.1) is 28.6 Å². The fraction of sp³-hybridized carbons (Fsp3) is 0.800. The summed E-state index contributed by atoms with van der Waals surface area (Å²) in [7, 11) is -3.32. The van der Waals surface area contributed by atoms with E-state index in [1.165, 1.54) is 11.3 Å². The lowest BCUT2D eigenvalue weighted by atomic mass is 9.48. The van der Waals surface area contributed by atoms with Gasteiger partial charge >= 0.3 is 0 Å². The van der Waals surface area contributed by atoms with E-state index in [0.29, 0.717) is 23.5 Å². The lowest BCUT2D eigenvalue weighted by Gasteiger charge is -2.58. The van der Waals surface area contributed by atoms with Crippen LogP contribution in [0.15, 0.2) is 23.5 Å². The topological polar surface area (TPSA) is 35.5 Å². The van der Waals surface area contributed by atoms with Gasteiger partial charge in [-0.25, -0.2) is 0 Å². The molecule has 30 heavy (non-hydrogen) atoms. The normalized spacial score (nSPS) is 41.4. The fourth-order valence-corrected chi connectivity index (χ4v) is 9.24. The predicted octanol–water partition coefficient (Wildman–Crippen LogP) is 6.69. The number of Topliss-reactive ketones (excluding diaryl/α,β-unsaturated/α-hetero) is 1. The molecule has 0 amide bonds. The van der Waals surface area contributed by atoms with E-state index >= 15 is 0 Å². The summed E-state index contributed by atoms with van der Waals surface area (Å²) in [6.45, 7) is 18.4. The average Bonchev–Trinajstić information content (AvgIpc) is 2.90. The van der Waals surface area contributed by atoms with Gasteiger partial charge in [-0.05, 0) is 107 Å². The molecule has 0 aliphatic heterocycles. The number of fused-ring (bicyclic) bond motifs is 5. The van der Waals surface area contributed by atoms with Gasteiger partial charge in [0, 0.05) is 12.8 Å². The SMILES string of the molecule is CC12CCC(O[Si](C)(C)C)=CC1=CCC1C2CC(O[Si](C)(C)C)C2(C)C(=O)CCC12. The van der Waals surface area contributed by atoms with Crippen LogP contribution < -0.4 is 0 Å². The Morgan fingerprint density at radius 2 is 1.70 bits per heavy atom. The molecule has 4 aliphatic carbocycles. The van der Waals surface area contributed by atoms with Gasteiger partial charge in [-0.3, -0.25) is 4.79 Å². The maximum atomic E-state index is 13.1. The second kappa shape index (κ2) is 7.18. The molecule has 0 bridgehead atoms. The monoisotopic (exact) mass is 446 g/mol. The quantitative estimate of drug-likeness (QED) is 0.451.